The molecule has 1 aliphatic rings. The molecule has 1 unspecified atom stereocenters. The van der Waals surface area contributed by atoms with E-state index in [-0.39, 0.29) is 5.84 Å². The van der Waals surface area contributed by atoms with E-state index in [2.05, 4.69) is 22.9 Å². The summed E-state index contributed by atoms with van der Waals surface area (Å²) in [7, 11) is 0. The Morgan fingerprint density at radius 2 is 2.26 bits per heavy atom. The molecule has 104 valence electrons. The predicted molar refractivity (Wildman–Crippen MR) is 80.0 cm³/mol. The molecule has 19 heavy (non-hydrogen) atoms. The number of hydrogen-bond acceptors (Lipinski definition) is 3. The fraction of sp³-hybridized carbons (Fsp3) is 0.600. The van der Waals surface area contributed by atoms with E-state index in [9.17, 15) is 0 Å². The maximum Gasteiger partial charge on any atom is 0.126 e. The van der Waals surface area contributed by atoms with Gasteiger partial charge in [0.05, 0.1) is 16.9 Å². The number of aromatic nitrogens is 1. The minimum absolute atomic E-state index is 0.124. The predicted octanol–water partition coefficient (Wildman–Crippen LogP) is 2.61. The van der Waals surface area contributed by atoms with E-state index in [1.165, 1.54) is 19.3 Å². The maximum absolute atomic E-state index is 7.79. The summed E-state index contributed by atoms with van der Waals surface area (Å²) < 4.78 is 0. The minimum Gasteiger partial charge on any atom is -0.384 e. The van der Waals surface area contributed by atoms with Crippen molar-refractivity contribution in [3.63, 3.8) is 0 Å². The molecule has 2 heterocycles. The van der Waals surface area contributed by atoms with Gasteiger partial charge in [0.2, 0.25) is 0 Å². The highest BCUT2D eigenvalue weighted by molar-refractivity contribution is 6.01. The second-order valence-electron chi connectivity index (χ2n) is 5.55. The van der Waals surface area contributed by atoms with Gasteiger partial charge in [-0.15, -0.1) is 0 Å². The van der Waals surface area contributed by atoms with Crippen molar-refractivity contribution in [3.8, 4) is 0 Å². The summed E-state index contributed by atoms with van der Waals surface area (Å²) >= 11 is 0. The van der Waals surface area contributed by atoms with E-state index >= 15 is 0 Å². The summed E-state index contributed by atoms with van der Waals surface area (Å²) in [6.45, 7) is 8.32. The number of pyridine rings is 1. The molecule has 3 N–H and O–H groups in total. The first-order valence-corrected chi connectivity index (χ1v) is 7.10. The molecule has 0 bridgehead atoms. The summed E-state index contributed by atoms with van der Waals surface area (Å²) in [5.41, 5.74) is 9.50. The number of anilines is 1. The first kappa shape index (κ1) is 13.8. The van der Waals surface area contributed by atoms with Gasteiger partial charge in [0.1, 0.15) is 5.84 Å². The van der Waals surface area contributed by atoms with Crippen LogP contribution in [0.25, 0.3) is 0 Å². The van der Waals surface area contributed by atoms with Crippen LogP contribution in [0.15, 0.2) is 6.07 Å². The third kappa shape index (κ3) is 2.88. The SMILES string of the molecule is CCCC1CCN(c2cc(C)nc(C)c2C(=N)N)C1. The Morgan fingerprint density at radius 3 is 2.89 bits per heavy atom. The number of aryl methyl sites for hydroxylation is 2. The highest BCUT2D eigenvalue weighted by Gasteiger charge is 2.25. The molecule has 4 nitrogen and oxygen atoms in total. The Labute approximate surface area is 115 Å². The van der Waals surface area contributed by atoms with Crippen LogP contribution in [0.2, 0.25) is 0 Å². The Balaban J connectivity index is 2.32. The van der Waals surface area contributed by atoms with Gasteiger partial charge >= 0.3 is 0 Å². The highest BCUT2D eigenvalue weighted by atomic mass is 15.2. The molecule has 0 radical (unpaired) electrons. The summed E-state index contributed by atoms with van der Waals surface area (Å²) in [4.78, 5) is 6.81. The van der Waals surface area contributed by atoms with E-state index in [4.69, 9.17) is 11.1 Å². The number of nitrogen functional groups attached to an aromatic ring is 1. The zero-order valence-corrected chi connectivity index (χ0v) is 12.2. The minimum atomic E-state index is 0.124. The molecular formula is C15H24N4. The normalized spacial score (nSPS) is 18.9. The topological polar surface area (TPSA) is 66.0 Å². The van der Waals surface area contributed by atoms with Gasteiger partial charge in [-0.25, -0.2) is 0 Å². The first-order valence-electron chi connectivity index (χ1n) is 7.10. The molecule has 1 aliphatic heterocycles. The molecule has 1 atom stereocenters. The van der Waals surface area contributed by atoms with E-state index in [1.54, 1.807) is 0 Å². The number of hydrogen-bond donors (Lipinski definition) is 2. The van der Waals surface area contributed by atoms with Crippen LogP contribution in [0.1, 0.15) is 43.1 Å². The molecule has 0 spiro atoms. The highest BCUT2D eigenvalue weighted by Crippen LogP contribution is 2.30. The molecular weight excluding hydrogens is 236 g/mol. The van der Waals surface area contributed by atoms with Crippen LogP contribution < -0.4 is 10.6 Å². The van der Waals surface area contributed by atoms with Crippen LogP contribution in [0.4, 0.5) is 5.69 Å². The second kappa shape index (κ2) is 5.59. The number of nitrogens with zero attached hydrogens (tertiary/aromatic N) is 2. The van der Waals surface area contributed by atoms with Crippen molar-refractivity contribution in [3.05, 3.63) is 23.0 Å². The molecule has 0 saturated carbocycles. The van der Waals surface area contributed by atoms with Gasteiger partial charge < -0.3 is 10.6 Å². The van der Waals surface area contributed by atoms with Gasteiger partial charge in [-0.1, -0.05) is 13.3 Å². The number of nitrogens with one attached hydrogen (secondary N) is 1. The Morgan fingerprint density at radius 1 is 1.53 bits per heavy atom. The Kier molecular flexibility index (Phi) is 4.08. The standard InChI is InChI=1S/C15H24N4/c1-4-5-12-6-7-19(9-12)13-8-10(2)18-11(3)14(13)15(16)17/h8,12H,4-7,9H2,1-3H3,(H3,16,17). The zero-order chi connectivity index (χ0) is 14.0. The second-order valence-corrected chi connectivity index (χ2v) is 5.55. The fourth-order valence-corrected chi connectivity index (χ4v) is 3.09. The van der Waals surface area contributed by atoms with E-state index in [0.29, 0.717) is 0 Å². The quantitative estimate of drug-likeness (QED) is 0.646. The van der Waals surface area contributed by atoms with Crippen LogP contribution in [-0.2, 0) is 0 Å². The van der Waals surface area contributed by atoms with E-state index < -0.39 is 0 Å². The van der Waals surface area contributed by atoms with Gasteiger partial charge in [-0.3, -0.25) is 10.4 Å². The van der Waals surface area contributed by atoms with Gasteiger partial charge in [0.15, 0.2) is 0 Å². The van der Waals surface area contributed by atoms with Crippen molar-refractivity contribution >= 4 is 11.5 Å². The van der Waals surface area contributed by atoms with Crippen molar-refractivity contribution < 1.29 is 0 Å². The number of rotatable bonds is 4. The molecule has 4 heteroatoms. The zero-order valence-electron chi connectivity index (χ0n) is 12.2. The molecule has 1 aromatic heterocycles. The third-order valence-electron chi connectivity index (χ3n) is 3.90. The number of amidine groups is 1. The van der Waals surface area contributed by atoms with Crippen molar-refractivity contribution in [2.75, 3.05) is 18.0 Å². The van der Waals surface area contributed by atoms with E-state index in [0.717, 1.165) is 41.6 Å². The van der Waals surface area contributed by atoms with E-state index in [1.807, 2.05) is 13.8 Å². The Bertz CT molecular complexity index is 481. The van der Waals surface area contributed by atoms with Crippen LogP contribution in [0, 0.1) is 25.2 Å². The van der Waals surface area contributed by atoms with Gasteiger partial charge in [-0.2, -0.15) is 0 Å². The molecule has 0 aromatic carbocycles. The fourth-order valence-electron chi connectivity index (χ4n) is 3.09. The maximum atomic E-state index is 7.79. The average molecular weight is 260 g/mol. The van der Waals surface area contributed by atoms with Crippen LogP contribution in [0.5, 0.6) is 0 Å². The van der Waals surface area contributed by atoms with Crippen LogP contribution in [0.3, 0.4) is 0 Å². The van der Waals surface area contributed by atoms with Crippen molar-refractivity contribution in [1.82, 2.24) is 4.98 Å². The smallest absolute Gasteiger partial charge is 0.126 e. The van der Waals surface area contributed by atoms with Crippen molar-refractivity contribution in [2.24, 2.45) is 11.7 Å². The van der Waals surface area contributed by atoms with Gasteiger partial charge in [0, 0.05) is 18.8 Å². The molecule has 0 amide bonds. The summed E-state index contributed by atoms with van der Waals surface area (Å²) in [5, 5.41) is 7.79. The summed E-state index contributed by atoms with van der Waals surface area (Å²) in [6, 6.07) is 2.07. The first-order chi connectivity index (χ1) is 9.02. The molecule has 0 aliphatic carbocycles. The van der Waals surface area contributed by atoms with Gasteiger partial charge in [-0.05, 0) is 38.7 Å². The third-order valence-corrected chi connectivity index (χ3v) is 3.90. The van der Waals surface area contributed by atoms with Crippen LogP contribution in [-0.4, -0.2) is 23.9 Å². The lowest BCUT2D eigenvalue weighted by Gasteiger charge is -2.23. The van der Waals surface area contributed by atoms with Gasteiger partial charge in [0.25, 0.3) is 0 Å². The lowest BCUT2D eigenvalue weighted by atomic mass is 10.0. The van der Waals surface area contributed by atoms with Crippen molar-refractivity contribution in [1.29, 1.82) is 5.41 Å². The van der Waals surface area contributed by atoms with Crippen molar-refractivity contribution in [2.45, 2.75) is 40.0 Å². The lowest BCUT2D eigenvalue weighted by molar-refractivity contribution is 0.530. The number of nitrogens with two attached hydrogens (primary N) is 1. The Hall–Kier alpha value is -1.58. The summed E-state index contributed by atoms with van der Waals surface area (Å²) in [5.74, 6) is 0.900. The van der Waals surface area contributed by atoms with Crippen LogP contribution >= 0.6 is 0 Å². The molecule has 1 fully saturated rings. The molecule has 1 aromatic rings. The average Bonchev–Trinajstić information content (AvgIpc) is 2.76. The summed E-state index contributed by atoms with van der Waals surface area (Å²) in [6.07, 6.45) is 3.77. The molecule has 1 saturated heterocycles. The largest absolute Gasteiger partial charge is 0.384 e. The lowest BCUT2D eigenvalue weighted by Crippen LogP contribution is -2.25. The monoisotopic (exact) mass is 260 g/mol. The molecule has 2 rings (SSSR count).